The van der Waals surface area contributed by atoms with Gasteiger partial charge in [-0.05, 0) is 68.3 Å². The number of rotatable bonds is 3. The van der Waals surface area contributed by atoms with E-state index >= 15 is 0 Å². The average molecular weight is 490 g/mol. The first-order valence-electron chi connectivity index (χ1n) is 5.56. The van der Waals surface area contributed by atoms with E-state index in [1.165, 1.54) is 12.1 Å². The molecule has 0 aliphatic carbocycles. The van der Waals surface area contributed by atoms with Crippen LogP contribution in [-0.4, -0.2) is 7.11 Å². The summed E-state index contributed by atoms with van der Waals surface area (Å²) in [6.07, 6.45) is 0. The number of halogens is 5. The quantitative estimate of drug-likeness (QED) is 0.369. The Morgan fingerprint density at radius 1 is 1.25 bits per heavy atom. The molecule has 2 aromatic carbocycles. The summed E-state index contributed by atoms with van der Waals surface area (Å²) in [5, 5.41) is 0.0721. The van der Waals surface area contributed by atoms with Crippen molar-refractivity contribution >= 4 is 61.7 Å². The molecule has 0 aliphatic heterocycles. The van der Waals surface area contributed by atoms with Crippen LogP contribution in [0.3, 0.4) is 0 Å². The van der Waals surface area contributed by atoms with Crippen molar-refractivity contribution in [3.8, 4) is 5.75 Å². The third kappa shape index (κ3) is 3.40. The van der Waals surface area contributed by atoms with Gasteiger partial charge in [-0.2, -0.15) is 0 Å². The van der Waals surface area contributed by atoms with Crippen molar-refractivity contribution in [2.24, 2.45) is 0 Å². The van der Waals surface area contributed by atoms with Crippen LogP contribution in [0.25, 0.3) is 0 Å². The standard InChI is InChI=1S/C14H9BrCl2FIO/c1-20-14-10(4-7(16)5-11(14)15)13(17)9-3-2-8(18)6-12(9)19/h2-6,13H,1H3. The van der Waals surface area contributed by atoms with Crippen LogP contribution >= 0.6 is 61.7 Å². The van der Waals surface area contributed by atoms with Crippen molar-refractivity contribution < 1.29 is 9.13 Å². The maximum absolute atomic E-state index is 13.2. The Kier molecular flexibility index (Phi) is 5.56. The van der Waals surface area contributed by atoms with Crippen molar-refractivity contribution in [3.63, 3.8) is 0 Å². The molecule has 6 heteroatoms. The summed E-state index contributed by atoms with van der Waals surface area (Å²) in [4.78, 5) is 0. The second-order valence-corrected chi connectivity index (χ2v) is 6.93. The molecule has 0 radical (unpaired) electrons. The molecule has 0 aromatic heterocycles. The summed E-state index contributed by atoms with van der Waals surface area (Å²) in [6.45, 7) is 0. The summed E-state index contributed by atoms with van der Waals surface area (Å²) >= 11 is 18.1. The largest absolute Gasteiger partial charge is 0.495 e. The topological polar surface area (TPSA) is 9.23 Å². The molecule has 0 amide bonds. The molecule has 0 fully saturated rings. The zero-order valence-corrected chi connectivity index (χ0v) is 15.5. The monoisotopic (exact) mass is 488 g/mol. The molecule has 0 bridgehead atoms. The Labute approximate surface area is 148 Å². The van der Waals surface area contributed by atoms with E-state index in [0.29, 0.717) is 10.8 Å². The van der Waals surface area contributed by atoms with Crippen LogP contribution in [0.4, 0.5) is 4.39 Å². The van der Waals surface area contributed by atoms with Crippen molar-refractivity contribution in [1.29, 1.82) is 0 Å². The first-order valence-corrected chi connectivity index (χ1v) is 8.24. The van der Waals surface area contributed by atoms with E-state index < -0.39 is 5.38 Å². The summed E-state index contributed by atoms with van der Waals surface area (Å²) < 4.78 is 20.0. The van der Waals surface area contributed by atoms with E-state index in [4.69, 9.17) is 27.9 Å². The van der Waals surface area contributed by atoms with Gasteiger partial charge in [-0.25, -0.2) is 4.39 Å². The van der Waals surface area contributed by atoms with Crippen molar-refractivity contribution in [2.75, 3.05) is 7.11 Å². The van der Waals surface area contributed by atoms with Gasteiger partial charge in [0.1, 0.15) is 11.6 Å². The van der Waals surface area contributed by atoms with E-state index in [2.05, 4.69) is 38.5 Å². The number of benzene rings is 2. The smallest absolute Gasteiger partial charge is 0.138 e. The fraction of sp³-hybridized carbons (Fsp3) is 0.143. The van der Waals surface area contributed by atoms with E-state index in [1.54, 1.807) is 25.3 Å². The Morgan fingerprint density at radius 2 is 1.95 bits per heavy atom. The van der Waals surface area contributed by atoms with Gasteiger partial charge in [0.25, 0.3) is 0 Å². The first kappa shape index (κ1) is 16.3. The van der Waals surface area contributed by atoms with Crippen LogP contribution in [-0.2, 0) is 0 Å². The van der Waals surface area contributed by atoms with E-state index in [9.17, 15) is 4.39 Å². The van der Waals surface area contributed by atoms with Crippen molar-refractivity contribution in [1.82, 2.24) is 0 Å². The molecule has 0 N–H and O–H groups in total. The fourth-order valence-electron chi connectivity index (χ4n) is 1.86. The normalized spacial score (nSPS) is 12.3. The minimum absolute atomic E-state index is 0.291. The molecule has 0 saturated heterocycles. The summed E-state index contributed by atoms with van der Waals surface area (Å²) in [7, 11) is 1.57. The van der Waals surface area contributed by atoms with Gasteiger partial charge in [0.15, 0.2) is 0 Å². The van der Waals surface area contributed by atoms with E-state index in [0.717, 1.165) is 19.2 Å². The van der Waals surface area contributed by atoms with Crippen molar-refractivity contribution in [3.05, 3.63) is 60.3 Å². The maximum atomic E-state index is 13.2. The molecule has 106 valence electrons. The molecule has 20 heavy (non-hydrogen) atoms. The molecule has 0 saturated carbocycles. The lowest BCUT2D eigenvalue weighted by Crippen LogP contribution is -2.01. The molecular formula is C14H9BrCl2FIO. The number of hydrogen-bond acceptors (Lipinski definition) is 1. The molecule has 1 atom stereocenters. The highest BCUT2D eigenvalue weighted by Gasteiger charge is 2.21. The predicted molar refractivity (Wildman–Crippen MR) is 92.5 cm³/mol. The summed E-state index contributed by atoms with van der Waals surface area (Å²) in [5.74, 6) is 0.329. The van der Waals surface area contributed by atoms with Crippen LogP contribution in [0.1, 0.15) is 16.5 Å². The van der Waals surface area contributed by atoms with Gasteiger partial charge < -0.3 is 4.74 Å². The van der Waals surface area contributed by atoms with Gasteiger partial charge in [0.2, 0.25) is 0 Å². The molecule has 0 spiro atoms. The second-order valence-electron chi connectivity index (χ2n) is 4.04. The molecular weight excluding hydrogens is 481 g/mol. The summed E-state index contributed by atoms with van der Waals surface area (Å²) in [5.41, 5.74) is 1.54. The molecule has 2 aromatic rings. The van der Waals surface area contributed by atoms with Gasteiger partial charge in [-0.3, -0.25) is 0 Å². The van der Waals surface area contributed by atoms with Crippen molar-refractivity contribution in [2.45, 2.75) is 5.38 Å². The number of methoxy groups -OCH3 is 1. The molecule has 0 heterocycles. The van der Waals surface area contributed by atoms with E-state index in [-0.39, 0.29) is 5.82 Å². The summed E-state index contributed by atoms with van der Waals surface area (Å²) in [6, 6.07) is 7.99. The SMILES string of the molecule is COc1c(Br)cc(Cl)cc1C(Cl)c1ccc(F)cc1I. The lowest BCUT2D eigenvalue weighted by Gasteiger charge is -2.17. The molecule has 0 aliphatic rings. The third-order valence-electron chi connectivity index (χ3n) is 2.75. The number of hydrogen-bond donors (Lipinski definition) is 0. The molecule has 1 nitrogen and oxygen atoms in total. The van der Waals surface area contributed by atoms with Gasteiger partial charge in [-0.1, -0.05) is 17.7 Å². The fourth-order valence-corrected chi connectivity index (χ4v) is 4.18. The van der Waals surface area contributed by atoms with Gasteiger partial charge in [-0.15, -0.1) is 11.6 Å². The number of alkyl halides is 1. The zero-order valence-electron chi connectivity index (χ0n) is 10.3. The molecule has 1 unspecified atom stereocenters. The highest BCUT2D eigenvalue weighted by atomic mass is 127. The van der Waals surface area contributed by atoms with Gasteiger partial charge in [0.05, 0.1) is 17.0 Å². The zero-order chi connectivity index (χ0) is 14.9. The van der Waals surface area contributed by atoms with Crippen LogP contribution in [0, 0.1) is 9.39 Å². The number of ether oxygens (including phenoxy) is 1. The van der Waals surface area contributed by atoms with Crippen LogP contribution < -0.4 is 4.74 Å². The van der Waals surface area contributed by atoms with E-state index in [1.807, 2.05) is 0 Å². The second kappa shape index (κ2) is 6.81. The van der Waals surface area contributed by atoms with Crippen LogP contribution in [0.15, 0.2) is 34.8 Å². The maximum Gasteiger partial charge on any atom is 0.138 e. The Balaban J connectivity index is 2.55. The average Bonchev–Trinajstić information content (AvgIpc) is 2.37. The third-order valence-corrected chi connectivity index (χ3v) is 4.96. The Hall–Kier alpha value is -0.0400. The highest BCUT2D eigenvalue weighted by Crippen LogP contribution is 2.42. The first-order chi connectivity index (χ1) is 9.43. The lowest BCUT2D eigenvalue weighted by molar-refractivity contribution is 0.407. The minimum atomic E-state index is -0.479. The predicted octanol–water partition coefficient (Wildman–Crippen LogP) is 6.18. The Bertz CT molecular complexity index is 651. The van der Waals surface area contributed by atoms with Crippen LogP contribution in [0.2, 0.25) is 5.02 Å². The van der Waals surface area contributed by atoms with Gasteiger partial charge >= 0.3 is 0 Å². The lowest BCUT2D eigenvalue weighted by atomic mass is 10.0. The minimum Gasteiger partial charge on any atom is -0.495 e. The highest BCUT2D eigenvalue weighted by molar-refractivity contribution is 14.1. The van der Waals surface area contributed by atoms with Crippen LogP contribution in [0.5, 0.6) is 5.75 Å². The van der Waals surface area contributed by atoms with Gasteiger partial charge in [0, 0.05) is 14.2 Å². The Morgan fingerprint density at radius 3 is 2.55 bits per heavy atom. The molecule has 2 rings (SSSR count).